The van der Waals surface area contributed by atoms with Gasteiger partial charge in [0.25, 0.3) is 0 Å². The maximum atomic E-state index is 9.58. The number of aliphatic hydroxyl groups excluding tert-OH is 1. The number of guanidine groups is 1. The summed E-state index contributed by atoms with van der Waals surface area (Å²) in [6.07, 6.45) is 0.853. The molecule has 3 N–H and O–H groups in total. The Morgan fingerprint density at radius 2 is 2.09 bits per heavy atom. The van der Waals surface area contributed by atoms with Crippen molar-refractivity contribution in [1.29, 1.82) is 0 Å². The molecule has 0 saturated heterocycles. The minimum atomic E-state index is 0.0201. The largest absolute Gasteiger partial charge is 0.396 e. The van der Waals surface area contributed by atoms with Crippen molar-refractivity contribution in [1.82, 2.24) is 15.8 Å². The number of aliphatic imine (C=N–C) groups is 1. The van der Waals surface area contributed by atoms with Crippen molar-refractivity contribution in [3.05, 3.63) is 53.4 Å². The van der Waals surface area contributed by atoms with Crippen molar-refractivity contribution in [2.45, 2.75) is 25.8 Å². The molecular weight excluding hydrogens is 292 g/mol. The van der Waals surface area contributed by atoms with Gasteiger partial charge < -0.3 is 20.3 Å². The number of aliphatic hydroxyl groups is 1. The molecule has 0 saturated carbocycles. The van der Waals surface area contributed by atoms with E-state index >= 15 is 0 Å². The minimum Gasteiger partial charge on any atom is -0.396 e. The van der Waals surface area contributed by atoms with Gasteiger partial charge in [0.2, 0.25) is 0 Å². The molecule has 0 fully saturated rings. The lowest BCUT2D eigenvalue weighted by Crippen LogP contribution is -2.39. The van der Waals surface area contributed by atoms with E-state index in [-0.39, 0.29) is 12.5 Å². The Bertz CT molecular complexity index is 610. The molecule has 1 heterocycles. The molecular formula is C17H24N4O2. The van der Waals surface area contributed by atoms with Crippen LogP contribution in [0.3, 0.4) is 0 Å². The summed E-state index contributed by atoms with van der Waals surface area (Å²) in [5.41, 5.74) is 2.04. The SMILES string of the molecule is CCc1cc(CNC(=NC)NCC(CO)c2ccccc2)on1. The molecule has 6 heteroatoms. The van der Waals surface area contributed by atoms with Gasteiger partial charge in [-0.05, 0) is 12.0 Å². The number of aryl methyl sites for hydroxylation is 1. The lowest BCUT2D eigenvalue weighted by Gasteiger charge is -2.17. The van der Waals surface area contributed by atoms with E-state index in [2.05, 4.69) is 20.8 Å². The first-order valence-corrected chi connectivity index (χ1v) is 7.81. The number of nitrogens with zero attached hydrogens (tertiary/aromatic N) is 2. The molecule has 1 atom stereocenters. The van der Waals surface area contributed by atoms with Gasteiger partial charge in [0.1, 0.15) is 0 Å². The quantitative estimate of drug-likeness (QED) is 0.535. The third-order valence-corrected chi connectivity index (χ3v) is 3.63. The zero-order chi connectivity index (χ0) is 16.5. The van der Waals surface area contributed by atoms with Crippen LogP contribution in [0.5, 0.6) is 0 Å². The first-order chi connectivity index (χ1) is 11.3. The van der Waals surface area contributed by atoms with E-state index in [4.69, 9.17) is 4.52 Å². The van der Waals surface area contributed by atoms with Crippen LogP contribution < -0.4 is 10.6 Å². The molecule has 0 aliphatic carbocycles. The van der Waals surface area contributed by atoms with Gasteiger partial charge in [-0.3, -0.25) is 4.99 Å². The summed E-state index contributed by atoms with van der Waals surface area (Å²) in [7, 11) is 1.71. The van der Waals surface area contributed by atoms with E-state index in [1.54, 1.807) is 7.05 Å². The van der Waals surface area contributed by atoms with Crippen LogP contribution in [-0.2, 0) is 13.0 Å². The molecule has 23 heavy (non-hydrogen) atoms. The third-order valence-electron chi connectivity index (χ3n) is 3.63. The minimum absolute atomic E-state index is 0.0201. The third kappa shape index (κ3) is 5.10. The number of aromatic nitrogens is 1. The summed E-state index contributed by atoms with van der Waals surface area (Å²) in [6, 6.07) is 11.9. The van der Waals surface area contributed by atoms with Gasteiger partial charge in [0.05, 0.1) is 18.8 Å². The van der Waals surface area contributed by atoms with E-state index in [0.29, 0.717) is 19.0 Å². The second-order valence-electron chi connectivity index (χ2n) is 5.23. The second kappa shape index (κ2) is 8.95. The van der Waals surface area contributed by atoms with Gasteiger partial charge in [-0.15, -0.1) is 0 Å². The lowest BCUT2D eigenvalue weighted by atomic mass is 10.0. The fourth-order valence-corrected chi connectivity index (χ4v) is 2.23. The monoisotopic (exact) mass is 316 g/mol. The van der Waals surface area contributed by atoms with Crippen molar-refractivity contribution >= 4 is 5.96 Å². The first kappa shape index (κ1) is 17.0. The number of benzene rings is 1. The average molecular weight is 316 g/mol. The highest BCUT2D eigenvalue weighted by atomic mass is 16.5. The van der Waals surface area contributed by atoms with Gasteiger partial charge in [0, 0.05) is 25.6 Å². The maximum absolute atomic E-state index is 9.58. The molecule has 2 rings (SSSR count). The standard InChI is InChI=1S/C17H24N4O2/c1-3-15-9-16(23-21-15)11-20-17(18-2)19-10-14(12-22)13-7-5-4-6-8-13/h4-9,14,22H,3,10-12H2,1-2H3,(H2,18,19,20). The molecule has 1 aromatic heterocycles. The second-order valence-corrected chi connectivity index (χ2v) is 5.23. The number of hydrogen-bond donors (Lipinski definition) is 3. The molecule has 0 amide bonds. The van der Waals surface area contributed by atoms with Gasteiger partial charge in [0.15, 0.2) is 11.7 Å². The maximum Gasteiger partial charge on any atom is 0.191 e. The smallest absolute Gasteiger partial charge is 0.191 e. The highest BCUT2D eigenvalue weighted by Gasteiger charge is 2.11. The van der Waals surface area contributed by atoms with Crippen LogP contribution in [0.15, 0.2) is 45.9 Å². The Balaban J connectivity index is 1.84. The van der Waals surface area contributed by atoms with Crippen LogP contribution in [-0.4, -0.2) is 36.4 Å². The predicted molar refractivity (Wildman–Crippen MR) is 90.4 cm³/mol. The molecule has 2 aromatic rings. The molecule has 0 radical (unpaired) electrons. The zero-order valence-corrected chi connectivity index (χ0v) is 13.6. The Hall–Kier alpha value is -2.34. The molecule has 1 unspecified atom stereocenters. The van der Waals surface area contributed by atoms with Crippen LogP contribution in [0.25, 0.3) is 0 Å². The Labute approximate surface area is 136 Å². The molecule has 0 spiro atoms. The normalized spacial score (nSPS) is 12.9. The average Bonchev–Trinajstić information content (AvgIpc) is 3.07. The van der Waals surface area contributed by atoms with E-state index in [1.165, 1.54) is 0 Å². The van der Waals surface area contributed by atoms with Gasteiger partial charge >= 0.3 is 0 Å². The summed E-state index contributed by atoms with van der Waals surface area (Å²) in [6.45, 7) is 3.22. The van der Waals surface area contributed by atoms with Crippen LogP contribution in [0, 0.1) is 0 Å². The summed E-state index contributed by atoms with van der Waals surface area (Å²) in [4.78, 5) is 4.18. The van der Waals surface area contributed by atoms with E-state index < -0.39 is 0 Å². The molecule has 0 bridgehead atoms. The van der Waals surface area contributed by atoms with Crippen molar-refractivity contribution < 1.29 is 9.63 Å². The topological polar surface area (TPSA) is 82.7 Å². The van der Waals surface area contributed by atoms with Crippen LogP contribution in [0.1, 0.15) is 29.9 Å². The summed E-state index contributed by atoms with van der Waals surface area (Å²) < 4.78 is 5.23. The van der Waals surface area contributed by atoms with E-state index in [9.17, 15) is 5.11 Å². The Kier molecular flexibility index (Phi) is 6.62. The van der Waals surface area contributed by atoms with Gasteiger partial charge in [-0.2, -0.15) is 0 Å². The zero-order valence-electron chi connectivity index (χ0n) is 13.6. The summed E-state index contributed by atoms with van der Waals surface area (Å²) in [5, 5.41) is 19.9. The molecule has 1 aromatic carbocycles. The highest BCUT2D eigenvalue weighted by molar-refractivity contribution is 5.79. The van der Waals surface area contributed by atoms with Crippen LogP contribution >= 0.6 is 0 Å². The first-order valence-electron chi connectivity index (χ1n) is 7.81. The van der Waals surface area contributed by atoms with Crippen LogP contribution in [0.2, 0.25) is 0 Å². The van der Waals surface area contributed by atoms with Crippen molar-refractivity contribution in [3.63, 3.8) is 0 Å². The number of hydrogen-bond acceptors (Lipinski definition) is 4. The van der Waals surface area contributed by atoms with Gasteiger partial charge in [-0.25, -0.2) is 0 Å². The summed E-state index contributed by atoms with van der Waals surface area (Å²) in [5.74, 6) is 1.45. The fourth-order valence-electron chi connectivity index (χ4n) is 2.23. The van der Waals surface area contributed by atoms with E-state index in [0.717, 1.165) is 23.4 Å². The fraction of sp³-hybridized carbons (Fsp3) is 0.412. The number of rotatable bonds is 7. The highest BCUT2D eigenvalue weighted by Crippen LogP contribution is 2.13. The van der Waals surface area contributed by atoms with E-state index in [1.807, 2.05) is 43.3 Å². The van der Waals surface area contributed by atoms with Crippen molar-refractivity contribution in [3.8, 4) is 0 Å². The van der Waals surface area contributed by atoms with Crippen molar-refractivity contribution in [2.75, 3.05) is 20.2 Å². The summed E-state index contributed by atoms with van der Waals surface area (Å²) >= 11 is 0. The lowest BCUT2D eigenvalue weighted by molar-refractivity contribution is 0.265. The Morgan fingerprint density at radius 1 is 1.30 bits per heavy atom. The molecule has 0 aliphatic heterocycles. The molecule has 0 aliphatic rings. The predicted octanol–water partition coefficient (Wildman–Crippen LogP) is 1.68. The molecule has 124 valence electrons. The Morgan fingerprint density at radius 3 is 2.70 bits per heavy atom. The van der Waals surface area contributed by atoms with Crippen LogP contribution in [0.4, 0.5) is 0 Å². The molecule has 6 nitrogen and oxygen atoms in total. The number of nitrogens with one attached hydrogen (secondary N) is 2. The van der Waals surface area contributed by atoms with Crippen molar-refractivity contribution in [2.24, 2.45) is 4.99 Å². The van der Waals surface area contributed by atoms with Gasteiger partial charge in [-0.1, -0.05) is 42.4 Å².